The van der Waals surface area contributed by atoms with Crippen molar-refractivity contribution in [2.24, 2.45) is 0 Å². The van der Waals surface area contributed by atoms with Gasteiger partial charge in [0.2, 0.25) is 0 Å². The summed E-state index contributed by atoms with van der Waals surface area (Å²) in [4.78, 5) is 2.61. The Labute approximate surface area is 110 Å². The van der Waals surface area contributed by atoms with Crippen LogP contribution < -0.4 is 5.32 Å². The molecule has 1 aromatic carbocycles. The van der Waals surface area contributed by atoms with E-state index in [1.54, 1.807) is 5.56 Å². The summed E-state index contributed by atoms with van der Waals surface area (Å²) in [7, 11) is 0. The molecule has 1 atom stereocenters. The molecule has 98 valence electrons. The highest BCUT2D eigenvalue weighted by Gasteiger charge is 2.15. The van der Waals surface area contributed by atoms with Gasteiger partial charge in [0, 0.05) is 19.1 Å². The molecule has 1 fully saturated rings. The van der Waals surface area contributed by atoms with E-state index >= 15 is 0 Å². The number of benzene rings is 1. The van der Waals surface area contributed by atoms with Crippen LogP contribution in [0.15, 0.2) is 18.2 Å². The van der Waals surface area contributed by atoms with Gasteiger partial charge in [-0.15, -0.1) is 0 Å². The molecule has 18 heavy (non-hydrogen) atoms. The number of hydrogen-bond acceptors (Lipinski definition) is 2. The highest BCUT2D eigenvalue weighted by Crippen LogP contribution is 2.20. The first-order chi connectivity index (χ1) is 8.81. The molecule has 0 radical (unpaired) electrons. The molecule has 2 nitrogen and oxygen atoms in total. The van der Waals surface area contributed by atoms with Crippen LogP contribution in [0.1, 0.15) is 42.9 Å². The van der Waals surface area contributed by atoms with Gasteiger partial charge in [0.15, 0.2) is 0 Å². The summed E-state index contributed by atoms with van der Waals surface area (Å²) in [6, 6.07) is 7.72. The van der Waals surface area contributed by atoms with Gasteiger partial charge in [0.1, 0.15) is 0 Å². The molecule has 2 aliphatic heterocycles. The summed E-state index contributed by atoms with van der Waals surface area (Å²) in [6.07, 6.45) is 5.37. The van der Waals surface area contributed by atoms with Crippen LogP contribution in [-0.4, -0.2) is 24.0 Å². The molecule has 2 aliphatic rings. The molecule has 0 amide bonds. The second kappa shape index (κ2) is 5.41. The zero-order chi connectivity index (χ0) is 12.4. The van der Waals surface area contributed by atoms with Crippen molar-refractivity contribution in [2.45, 2.75) is 51.7 Å². The van der Waals surface area contributed by atoms with Crippen molar-refractivity contribution in [3.8, 4) is 0 Å². The molecule has 0 aliphatic carbocycles. The van der Waals surface area contributed by atoms with Crippen LogP contribution in [0.5, 0.6) is 0 Å². The Kier molecular flexibility index (Phi) is 3.67. The van der Waals surface area contributed by atoms with Gasteiger partial charge in [0.25, 0.3) is 0 Å². The lowest BCUT2D eigenvalue weighted by Crippen LogP contribution is -2.33. The molecule has 0 aromatic heterocycles. The van der Waals surface area contributed by atoms with E-state index in [1.165, 1.54) is 49.9 Å². The second-order valence-electron chi connectivity index (χ2n) is 5.93. The number of hydrogen-bond donors (Lipinski definition) is 1. The van der Waals surface area contributed by atoms with Crippen molar-refractivity contribution in [3.05, 3.63) is 34.9 Å². The molecule has 1 N–H and O–H groups in total. The van der Waals surface area contributed by atoms with Gasteiger partial charge in [0.05, 0.1) is 0 Å². The van der Waals surface area contributed by atoms with Gasteiger partial charge in [-0.25, -0.2) is 0 Å². The highest BCUT2D eigenvalue weighted by atomic mass is 15.1. The molecule has 1 unspecified atom stereocenters. The maximum absolute atomic E-state index is 3.53. The average molecular weight is 244 g/mol. The minimum absolute atomic E-state index is 0.628. The van der Waals surface area contributed by atoms with Crippen molar-refractivity contribution in [1.29, 1.82) is 0 Å². The predicted molar refractivity (Wildman–Crippen MR) is 75.6 cm³/mol. The largest absolute Gasteiger partial charge is 0.310 e. The molecular formula is C16H24N2. The Bertz CT molecular complexity index is 408. The van der Waals surface area contributed by atoms with Crippen LogP contribution in [0.25, 0.3) is 0 Å². The van der Waals surface area contributed by atoms with Crippen molar-refractivity contribution in [3.63, 3.8) is 0 Å². The van der Waals surface area contributed by atoms with Gasteiger partial charge in [-0.2, -0.15) is 0 Å². The summed E-state index contributed by atoms with van der Waals surface area (Å²) >= 11 is 0. The topological polar surface area (TPSA) is 15.3 Å². The van der Waals surface area contributed by atoms with E-state index in [2.05, 4.69) is 35.3 Å². The van der Waals surface area contributed by atoms with Crippen LogP contribution in [0.4, 0.5) is 0 Å². The van der Waals surface area contributed by atoms with Gasteiger partial charge in [-0.3, -0.25) is 4.90 Å². The first-order valence-corrected chi connectivity index (χ1v) is 7.38. The summed E-state index contributed by atoms with van der Waals surface area (Å²) in [5, 5.41) is 3.53. The van der Waals surface area contributed by atoms with E-state index in [0.29, 0.717) is 6.04 Å². The predicted octanol–water partition coefficient (Wildman–Crippen LogP) is 2.71. The van der Waals surface area contributed by atoms with E-state index in [-0.39, 0.29) is 0 Å². The fourth-order valence-electron chi connectivity index (χ4n) is 3.20. The number of rotatable bonds is 2. The molecule has 1 aromatic rings. The second-order valence-corrected chi connectivity index (χ2v) is 5.93. The molecule has 1 saturated heterocycles. The van der Waals surface area contributed by atoms with Gasteiger partial charge in [-0.05, 0) is 56.0 Å². The molecule has 2 heteroatoms. The maximum Gasteiger partial charge on any atom is 0.0233 e. The fourth-order valence-corrected chi connectivity index (χ4v) is 3.20. The lowest BCUT2D eigenvalue weighted by molar-refractivity contribution is 0.221. The normalized spacial score (nSPS) is 24.8. The third-order valence-corrected chi connectivity index (χ3v) is 4.29. The highest BCUT2D eigenvalue weighted by molar-refractivity contribution is 5.34. The average Bonchev–Trinajstić information content (AvgIpc) is 2.39. The maximum atomic E-state index is 3.53. The minimum atomic E-state index is 0.628. The smallest absolute Gasteiger partial charge is 0.0233 e. The zero-order valence-corrected chi connectivity index (χ0v) is 11.4. The van der Waals surface area contributed by atoms with Crippen molar-refractivity contribution in [1.82, 2.24) is 10.2 Å². The van der Waals surface area contributed by atoms with Crippen molar-refractivity contribution < 1.29 is 0 Å². The lowest BCUT2D eigenvalue weighted by atomic mass is 9.94. The number of fused-ring (bicyclic) bond motifs is 1. The SMILES string of the molecule is CC1Cc2cc(CN3CCCCC3)ccc2CN1. The zero-order valence-electron chi connectivity index (χ0n) is 11.4. The summed E-state index contributed by atoms with van der Waals surface area (Å²) in [5.74, 6) is 0. The number of nitrogens with one attached hydrogen (secondary N) is 1. The van der Waals surface area contributed by atoms with E-state index in [9.17, 15) is 0 Å². The standard InChI is InChI=1S/C16H24N2/c1-13-9-16-10-14(5-6-15(16)11-17-13)12-18-7-3-2-4-8-18/h5-6,10,13,17H,2-4,7-9,11-12H2,1H3. The molecule has 0 spiro atoms. The van der Waals surface area contributed by atoms with Gasteiger partial charge >= 0.3 is 0 Å². The summed E-state index contributed by atoms with van der Waals surface area (Å²) in [6.45, 7) is 7.04. The Morgan fingerprint density at radius 1 is 1.17 bits per heavy atom. The first-order valence-electron chi connectivity index (χ1n) is 7.38. The molecule has 0 bridgehead atoms. The van der Waals surface area contributed by atoms with Gasteiger partial charge < -0.3 is 5.32 Å². The van der Waals surface area contributed by atoms with Crippen LogP contribution in [-0.2, 0) is 19.5 Å². The summed E-state index contributed by atoms with van der Waals surface area (Å²) in [5.41, 5.74) is 4.57. The Hall–Kier alpha value is -0.860. The third-order valence-electron chi connectivity index (χ3n) is 4.29. The fraction of sp³-hybridized carbons (Fsp3) is 0.625. The number of likely N-dealkylation sites (tertiary alicyclic amines) is 1. The number of nitrogens with zero attached hydrogens (tertiary/aromatic N) is 1. The van der Waals surface area contributed by atoms with Crippen LogP contribution in [0.3, 0.4) is 0 Å². The van der Waals surface area contributed by atoms with Crippen molar-refractivity contribution >= 4 is 0 Å². The van der Waals surface area contributed by atoms with Crippen LogP contribution >= 0.6 is 0 Å². The van der Waals surface area contributed by atoms with E-state index in [1.807, 2.05) is 0 Å². The Balaban J connectivity index is 1.71. The minimum Gasteiger partial charge on any atom is -0.310 e. The lowest BCUT2D eigenvalue weighted by Gasteiger charge is -2.28. The van der Waals surface area contributed by atoms with Crippen LogP contribution in [0.2, 0.25) is 0 Å². The van der Waals surface area contributed by atoms with Crippen LogP contribution in [0, 0.1) is 0 Å². The Morgan fingerprint density at radius 2 is 2.00 bits per heavy atom. The van der Waals surface area contributed by atoms with E-state index < -0.39 is 0 Å². The molecule has 0 saturated carbocycles. The first kappa shape index (κ1) is 12.2. The molecule has 2 heterocycles. The monoisotopic (exact) mass is 244 g/mol. The Morgan fingerprint density at radius 3 is 2.83 bits per heavy atom. The van der Waals surface area contributed by atoms with Crippen molar-refractivity contribution in [2.75, 3.05) is 13.1 Å². The quantitative estimate of drug-likeness (QED) is 0.860. The number of piperidine rings is 1. The summed E-state index contributed by atoms with van der Waals surface area (Å²) < 4.78 is 0. The molecule has 3 rings (SSSR count). The van der Waals surface area contributed by atoms with Gasteiger partial charge in [-0.1, -0.05) is 24.6 Å². The van der Waals surface area contributed by atoms with E-state index in [0.717, 1.165) is 13.1 Å². The molecular weight excluding hydrogens is 220 g/mol. The third kappa shape index (κ3) is 2.76. The van der Waals surface area contributed by atoms with E-state index in [4.69, 9.17) is 0 Å².